The minimum Gasteiger partial charge on any atom is -0.330 e. The third-order valence-electron chi connectivity index (χ3n) is 2.83. The van der Waals surface area contributed by atoms with Crippen molar-refractivity contribution in [2.75, 3.05) is 6.54 Å². The van der Waals surface area contributed by atoms with E-state index >= 15 is 0 Å². The first-order valence-electron chi connectivity index (χ1n) is 5.88. The average molecular weight is 258 g/mol. The average Bonchev–Trinajstić information content (AvgIpc) is 2.92. The maximum absolute atomic E-state index is 5.59. The molecule has 0 aliphatic heterocycles. The zero-order valence-corrected chi connectivity index (χ0v) is 10.9. The van der Waals surface area contributed by atoms with Gasteiger partial charge >= 0.3 is 0 Å². The molecule has 0 saturated heterocycles. The second-order valence-corrected chi connectivity index (χ2v) is 5.10. The van der Waals surface area contributed by atoms with Crippen LogP contribution in [0.25, 0.3) is 16.3 Å². The van der Waals surface area contributed by atoms with Gasteiger partial charge in [0.2, 0.25) is 4.96 Å². The van der Waals surface area contributed by atoms with Crippen molar-refractivity contribution >= 4 is 16.3 Å². The minimum absolute atomic E-state index is 0.630. The number of hydrogen-bond acceptors (Lipinski definition) is 4. The van der Waals surface area contributed by atoms with Crippen LogP contribution < -0.4 is 5.73 Å². The standard InChI is InChI=1S/C13H14N4S/c1-9-3-2-4-10(7-9)12-15-13-17(16-12)11(5-6-14)8-18-13/h2-4,7-8H,5-6,14H2,1H3. The molecule has 0 fully saturated rings. The zero-order chi connectivity index (χ0) is 12.5. The molecule has 92 valence electrons. The Morgan fingerprint density at radius 3 is 3.06 bits per heavy atom. The Labute approximate surface area is 109 Å². The normalized spacial score (nSPS) is 11.2. The van der Waals surface area contributed by atoms with Crippen LogP contribution in [0.15, 0.2) is 29.6 Å². The Morgan fingerprint density at radius 2 is 2.28 bits per heavy atom. The van der Waals surface area contributed by atoms with Gasteiger partial charge in [-0.3, -0.25) is 0 Å². The number of nitrogens with zero attached hydrogens (tertiary/aromatic N) is 3. The molecule has 0 radical (unpaired) electrons. The van der Waals surface area contributed by atoms with Gasteiger partial charge < -0.3 is 5.73 Å². The molecule has 5 heteroatoms. The topological polar surface area (TPSA) is 56.2 Å². The van der Waals surface area contributed by atoms with E-state index in [1.165, 1.54) is 5.56 Å². The van der Waals surface area contributed by atoms with Gasteiger partial charge in [-0.25, -0.2) is 4.52 Å². The van der Waals surface area contributed by atoms with Crippen LogP contribution in [0.2, 0.25) is 0 Å². The predicted molar refractivity (Wildman–Crippen MR) is 73.8 cm³/mol. The molecule has 0 aliphatic carbocycles. The number of thiazole rings is 1. The minimum atomic E-state index is 0.630. The van der Waals surface area contributed by atoms with Gasteiger partial charge in [-0.1, -0.05) is 23.8 Å². The SMILES string of the molecule is Cc1cccc(-c2nc3scc(CCN)n3n2)c1. The van der Waals surface area contributed by atoms with E-state index in [0.717, 1.165) is 28.5 Å². The highest BCUT2D eigenvalue weighted by Gasteiger charge is 2.10. The zero-order valence-electron chi connectivity index (χ0n) is 10.1. The van der Waals surface area contributed by atoms with Gasteiger partial charge in [0.1, 0.15) is 0 Å². The Kier molecular flexibility index (Phi) is 2.85. The third kappa shape index (κ3) is 1.91. The molecule has 2 heterocycles. The quantitative estimate of drug-likeness (QED) is 0.784. The molecule has 18 heavy (non-hydrogen) atoms. The van der Waals surface area contributed by atoms with Crippen molar-refractivity contribution in [2.45, 2.75) is 13.3 Å². The van der Waals surface area contributed by atoms with Gasteiger partial charge in [-0.05, 0) is 19.5 Å². The molecule has 3 aromatic rings. The van der Waals surface area contributed by atoms with Crippen molar-refractivity contribution < 1.29 is 0 Å². The fourth-order valence-electron chi connectivity index (χ4n) is 1.95. The molecule has 0 bridgehead atoms. The summed E-state index contributed by atoms with van der Waals surface area (Å²) in [7, 11) is 0. The van der Waals surface area contributed by atoms with Crippen LogP contribution in [0.5, 0.6) is 0 Å². The smallest absolute Gasteiger partial charge is 0.212 e. The monoisotopic (exact) mass is 258 g/mol. The predicted octanol–water partition coefficient (Wildman–Crippen LogP) is 2.27. The van der Waals surface area contributed by atoms with Gasteiger partial charge in [0.05, 0.1) is 5.69 Å². The maximum atomic E-state index is 5.59. The second-order valence-electron chi connectivity index (χ2n) is 4.26. The van der Waals surface area contributed by atoms with E-state index in [1.807, 2.05) is 16.6 Å². The summed E-state index contributed by atoms with van der Waals surface area (Å²) in [5, 5.41) is 6.63. The van der Waals surface area contributed by atoms with Crippen LogP contribution in [0, 0.1) is 6.92 Å². The molecule has 3 rings (SSSR count). The molecule has 0 aliphatic rings. The van der Waals surface area contributed by atoms with Crippen molar-refractivity contribution in [1.82, 2.24) is 14.6 Å². The molecular weight excluding hydrogens is 244 g/mol. The fourth-order valence-corrected chi connectivity index (χ4v) is 2.81. The van der Waals surface area contributed by atoms with Crippen LogP contribution in [0.3, 0.4) is 0 Å². The summed E-state index contributed by atoms with van der Waals surface area (Å²) >= 11 is 1.61. The summed E-state index contributed by atoms with van der Waals surface area (Å²) in [5.41, 5.74) is 9.00. The van der Waals surface area contributed by atoms with Crippen molar-refractivity contribution in [3.63, 3.8) is 0 Å². The lowest BCUT2D eigenvalue weighted by Crippen LogP contribution is -2.05. The van der Waals surface area contributed by atoms with Crippen molar-refractivity contribution in [3.8, 4) is 11.4 Å². The maximum Gasteiger partial charge on any atom is 0.212 e. The summed E-state index contributed by atoms with van der Waals surface area (Å²) < 4.78 is 1.90. The number of nitrogens with two attached hydrogens (primary N) is 1. The molecule has 0 amide bonds. The largest absolute Gasteiger partial charge is 0.330 e. The van der Waals surface area contributed by atoms with Gasteiger partial charge in [0.25, 0.3) is 0 Å². The van der Waals surface area contributed by atoms with Crippen molar-refractivity contribution in [2.24, 2.45) is 5.73 Å². The number of hydrogen-bond donors (Lipinski definition) is 1. The Hall–Kier alpha value is -1.72. The van der Waals surface area contributed by atoms with Gasteiger partial charge in [0, 0.05) is 17.4 Å². The first-order valence-corrected chi connectivity index (χ1v) is 6.76. The number of aromatic nitrogens is 3. The summed E-state index contributed by atoms with van der Waals surface area (Å²) in [6.07, 6.45) is 0.830. The molecule has 4 nitrogen and oxygen atoms in total. The second kappa shape index (κ2) is 4.51. The van der Waals surface area contributed by atoms with Gasteiger partial charge in [0.15, 0.2) is 5.82 Å². The summed E-state index contributed by atoms with van der Waals surface area (Å²) in [4.78, 5) is 5.48. The van der Waals surface area contributed by atoms with Crippen LogP contribution in [0.4, 0.5) is 0 Å². The van der Waals surface area contributed by atoms with Gasteiger partial charge in [-0.2, -0.15) is 4.98 Å². The lowest BCUT2D eigenvalue weighted by Gasteiger charge is -1.97. The van der Waals surface area contributed by atoms with E-state index in [2.05, 4.69) is 34.5 Å². The molecule has 0 spiro atoms. The molecule has 2 N–H and O–H groups in total. The van der Waals surface area contributed by atoms with E-state index < -0.39 is 0 Å². The van der Waals surface area contributed by atoms with E-state index in [-0.39, 0.29) is 0 Å². The number of fused-ring (bicyclic) bond motifs is 1. The molecule has 2 aromatic heterocycles. The van der Waals surface area contributed by atoms with Crippen molar-refractivity contribution in [3.05, 3.63) is 40.9 Å². The highest BCUT2D eigenvalue weighted by molar-refractivity contribution is 7.15. The highest BCUT2D eigenvalue weighted by atomic mass is 32.1. The summed E-state index contributed by atoms with van der Waals surface area (Å²) in [6, 6.07) is 8.24. The van der Waals surface area contributed by atoms with Crippen molar-refractivity contribution in [1.29, 1.82) is 0 Å². The van der Waals surface area contributed by atoms with E-state index in [0.29, 0.717) is 6.54 Å². The Bertz CT molecular complexity index is 683. The van der Waals surface area contributed by atoms with Crippen LogP contribution in [-0.4, -0.2) is 21.1 Å². The number of aryl methyl sites for hydroxylation is 1. The van der Waals surface area contributed by atoms with E-state index in [1.54, 1.807) is 11.3 Å². The third-order valence-corrected chi connectivity index (χ3v) is 3.69. The van der Waals surface area contributed by atoms with E-state index in [9.17, 15) is 0 Å². The number of benzene rings is 1. The lowest BCUT2D eigenvalue weighted by molar-refractivity contribution is 0.844. The molecule has 0 unspecified atom stereocenters. The Morgan fingerprint density at radius 1 is 1.39 bits per heavy atom. The van der Waals surface area contributed by atoms with Gasteiger partial charge in [-0.15, -0.1) is 16.4 Å². The van der Waals surface area contributed by atoms with Crippen LogP contribution >= 0.6 is 11.3 Å². The molecule has 0 saturated carbocycles. The highest BCUT2D eigenvalue weighted by Crippen LogP contribution is 2.21. The summed E-state index contributed by atoms with van der Waals surface area (Å²) in [6.45, 7) is 2.70. The molecule has 1 aromatic carbocycles. The molecule has 0 atom stereocenters. The van der Waals surface area contributed by atoms with E-state index in [4.69, 9.17) is 5.73 Å². The summed E-state index contributed by atoms with van der Waals surface area (Å²) in [5.74, 6) is 0.781. The first kappa shape index (κ1) is 11.4. The fraction of sp³-hybridized carbons (Fsp3) is 0.231. The number of rotatable bonds is 3. The Balaban J connectivity index is 2.08. The van der Waals surface area contributed by atoms with Crippen LogP contribution in [-0.2, 0) is 6.42 Å². The first-order chi connectivity index (χ1) is 8.78. The lowest BCUT2D eigenvalue weighted by atomic mass is 10.1. The molecular formula is C13H14N4S. The van der Waals surface area contributed by atoms with Crippen LogP contribution in [0.1, 0.15) is 11.3 Å².